The number of ether oxygens (including phenoxy) is 2. The number of aliphatic hydroxyl groups is 1. The molecule has 1 aliphatic carbocycles. The van der Waals surface area contributed by atoms with E-state index in [1.807, 2.05) is 25.2 Å². The van der Waals surface area contributed by atoms with Crippen molar-refractivity contribution in [2.24, 2.45) is 5.92 Å². The molecule has 0 aromatic rings. The third-order valence-corrected chi connectivity index (χ3v) is 6.66. The molecular formula is C25H38O4. The standard InChI is InChI=1S/C25H38O4/c1-3-4-5-6-7-8-9-10-12-21-13-11-14-25(28-21)17-20(18-26)22-16-23(27)19(2)15-24(22)29-25/h3,15,17,21-22,24,26H,1,4-14,16,18H2,2H3/t21-,22?,24-,25+/m1/s1. The van der Waals surface area contributed by atoms with E-state index in [0.29, 0.717) is 6.42 Å². The quantitative estimate of drug-likeness (QED) is 0.392. The zero-order valence-corrected chi connectivity index (χ0v) is 18.0. The number of fused-ring (bicyclic) bond motifs is 1. The fraction of sp³-hybridized carbons (Fsp3) is 0.720. The molecule has 0 amide bonds. The number of allylic oxidation sites excluding steroid dienone is 2. The van der Waals surface area contributed by atoms with Crippen LogP contribution in [0.2, 0.25) is 0 Å². The predicted octanol–water partition coefficient (Wildman–Crippen LogP) is 5.41. The van der Waals surface area contributed by atoms with Crippen molar-refractivity contribution in [2.45, 2.75) is 102 Å². The van der Waals surface area contributed by atoms with E-state index in [1.165, 1.54) is 38.5 Å². The molecule has 1 N–H and O–H groups in total. The highest BCUT2D eigenvalue weighted by Crippen LogP contribution is 2.43. The van der Waals surface area contributed by atoms with Crippen LogP contribution in [0.3, 0.4) is 0 Å². The lowest BCUT2D eigenvalue weighted by molar-refractivity contribution is -0.275. The van der Waals surface area contributed by atoms with Gasteiger partial charge in [0, 0.05) is 18.8 Å². The molecule has 3 aliphatic rings. The van der Waals surface area contributed by atoms with Gasteiger partial charge in [-0.2, -0.15) is 0 Å². The summed E-state index contributed by atoms with van der Waals surface area (Å²) in [7, 11) is 0. The van der Waals surface area contributed by atoms with E-state index in [0.717, 1.165) is 43.3 Å². The van der Waals surface area contributed by atoms with Crippen LogP contribution in [0, 0.1) is 5.92 Å². The van der Waals surface area contributed by atoms with Gasteiger partial charge in [-0.3, -0.25) is 4.79 Å². The molecule has 1 saturated heterocycles. The van der Waals surface area contributed by atoms with E-state index in [-0.39, 0.29) is 30.5 Å². The molecule has 4 atom stereocenters. The molecule has 0 saturated carbocycles. The summed E-state index contributed by atoms with van der Waals surface area (Å²) < 4.78 is 12.9. The minimum atomic E-state index is -0.732. The van der Waals surface area contributed by atoms with Crippen LogP contribution in [-0.2, 0) is 14.3 Å². The highest BCUT2D eigenvalue weighted by atomic mass is 16.7. The van der Waals surface area contributed by atoms with E-state index >= 15 is 0 Å². The number of rotatable bonds is 10. The van der Waals surface area contributed by atoms with Gasteiger partial charge in [0.15, 0.2) is 11.6 Å². The van der Waals surface area contributed by atoms with E-state index in [4.69, 9.17) is 9.47 Å². The molecule has 1 fully saturated rings. The highest BCUT2D eigenvalue weighted by molar-refractivity contribution is 5.96. The lowest BCUT2D eigenvalue weighted by Crippen LogP contribution is -2.50. The summed E-state index contributed by atoms with van der Waals surface area (Å²) in [6.45, 7) is 5.59. The van der Waals surface area contributed by atoms with Crippen LogP contribution >= 0.6 is 0 Å². The topological polar surface area (TPSA) is 55.8 Å². The van der Waals surface area contributed by atoms with Crippen molar-refractivity contribution in [3.63, 3.8) is 0 Å². The Morgan fingerprint density at radius 3 is 2.72 bits per heavy atom. The van der Waals surface area contributed by atoms with Crippen LogP contribution in [-0.4, -0.2) is 35.5 Å². The summed E-state index contributed by atoms with van der Waals surface area (Å²) in [5, 5.41) is 9.92. The van der Waals surface area contributed by atoms with Gasteiger partial charge in [0.25, 0.3) is 0 Å². The van der Waals surface area contributed by atoms with Gasteiger partial charge in [0.1, 0.15) is 0 Å². The maximum Gasteiger partial charge on any atom is 0.189 e. The number of Topliss-reactive ketones (excluding diaryl/α,β-unsaturated/α-hetero) is 1. The molecule has 0 bridgehead atoms. The number of aliphatic hydroxyl groups excluding tert-OH is 1. The number of ketones is 1. The number of carbonyl (C=O) groups is 1. The van der Waals surface area contributed by atoms with E-state index in [2.05, 4.69) is 6.58 Å². The van der Waals surface area contributed by atoms with Crippen molar-refractivity contribution in [3.8, 4) is 0 Å². The Balaban J connectivity index is 1.52. The number of unbranched alkanes of at least 4 members (excludes halogenated alkanes) is 6. The van der Waals surface area contributed by atoms with Gasteiger partial charge in [0.05, 0.1) is 18.8 Å². The lowest BCUT2D eigenvalue weighted by atomic mass is 9.78. The average molecular weight is 403 g/mol. The summed E-state index contributed by atoms with van der Waals surface area (Å²) in [6.07, 6.45) is 19.2. The van der Waals surface area contributed by atoms with Crippen LogP contribution < -0.4 is 0 Å². The summed E-state index contributed by atoms with van der Waals surface area (Å²) in [5.74, 6) is -0.631. The van der Waals surface area contributed by atoms with Crippen LogP contribution in [0.4, 0.5) is 0 Å². The molecule has 4 heteroatoms. The molecule has 0 aromatic carbocycles. The van der Waals surface area contributed by atoms with Gasteiger partial charge < -0.3 is 14.6 Å². The smallest absolute Gasteiger partial charge is 0.189 e. The number of carbonyl (C=O) groups excluding carboxylic acids is 1. The van der Waals surface area contributed by atoms with Crippen LogP contribution in [0.5, 0.6) is 0 Å². The van der Waals surface area contributed by atoms with Gasteiger partial charge in [-0.15, -0.1) is 6.58 Å². The highest BCUT2D eigenvalue weighted by Gasteiger charge is 2.46. The van der Waals surface area contributed by atoms with Crippen molar-refractivity contribution in [1.82, 2.24) is 0 Å². The van der Waals surface area contributed by atoms with Crippen molar-refractivity contribution in [3.05, 3.63) is 36.0 Å². The lowest BCUT2D eigenvalue weighted by Gasteiger charge is -2.47. The first-order valence-electron chi connectivity index (χ1n) is 11.6. The van der Waals surface area contributed by atoms with Crippen molar-refractivity contribution in [2.75, 3.05) is 6.61 Å². The molecule has 2 heterocycles. The molecule has 0 radical (unpaired) electrons. The monoisotopic (exact) mass is 402 g/mol. The first kappa shape index (κ1) is 22.5. The molecule has 162 valence electrons. The van der Waals surface area contributed by atoms with Crippen molar-refractivity contribution < 1.29 is 19.4 Å². The van der Waals surface area contributed by atoms with Crippen molar-refractivity contribution >= 4 is 5.78 Å². The third kappa shape index (κ3) is 5.90. The predicted molar refractivity (Wildman–Crippen MR) is 116 cm³/mol. The maximum absolute atomic E-state index is 12.1. The first-order chi connectivity index (χ1) is 14.1. The van der Waals surface area contributed by atoms with Gasteiger partial charge in [-0.05, 0) is 62.3 Å². The minimum Gasteiger partial charge on any atom is -0.392 e. The largest absolute Gasteiger partial charge is 0.392 e. The molecule has 2 aliphatic heterocycles. The van der Waals surface area contributed by atoms with Gasteiger partial charge in [-0.1, -0.05) is 38.2 Å². The van der Waals surface area contributed by atoms with E-state index in [9.17, 15) is 9.90 Å². The fourth-order valence-electron chi connectivity index (χ4n) is 4.95. The van der Waals surface area contributed by atoms with E-state index < -0.39 is 5.79 Å². The Bertz CT molecular complexity index is 635. The zero-order chi connectivity index (χ0) is 20.7. The summed E-state index contributed by atoms with van der Waals surface area (Å²) in [4.78, 5) is 12.1. The second-order valence-corrected chi connectivity index (χ2v) is 8.97. The van der Waals surface area contributed by atoms with E-state index in [1.54, 1.807) is 0 Å². The van der Waals surface area contributed by atoms with Crippen molar-refractivity contribution in [1.29, 1.82) is 0 Å². The second-order valence-electron chi connectivity index (χ2n) is 8.97. The molecule has 29 heavy (non-hydrogen) atoms. The Morgan fingerprint density at radius 2 is 1.97 bits per heavy atom. The molecule has 1 spiro atoms. The summed E-state index contributed by atoms with van der Waals surface area (Å²) in [6, 6.07) is 0. The molecule has 0 aromatic heterocycles. The van der Waals surface area contributed by atoms with Crippen LogP contribution in [0.25, 0.3) is 0 Å². The van der Waals surface area contributed by atoms with Crippen LogP contribution in [0.15, 0.2) is 36.0 Å². The SMILES string of the molecule is C=CCCCCCCCC[C@@H]1CCC[C@]2(C=C(CO)C3CC(=O)C(C)=C[C@H]3O2)O1. The van der Waals surface area contributed by atoms with Gasteiger partial charge in [0.2, 0.25) is 0 Å². The number of hydrogen-bond acceptors (Lipinski definition) is 4. The third-order valence-electron chi connectivity index (χ3n) is 6.66. The Hall–Kier alpha value is -1.23. The maximum atomic E-state index is 12.1. The normalized spacial score (nSPS) is 31.9. The summed E-state index contributed by atoms with van der Waals surface area (Å²) >= 11 is 0. The Kier molecular flexibility index (Phi) is 8.28. The average Bonchev–Trinajstić information content (AvgIpc) is 2.71. The molecular weight excluding hydrogens is 364 g/mol. The van der Waals surface area contributed by atoms with Gasteiger partial charge in [-0.25, -0.2) is 0 Å². The minimum absolute atomic E-state index is 0.0354. The first-order valence-corrected chi connectivity index (χ1v) is 11.6. The molecule has 4 nitrogen and oxygen atoms in total. The molecule has 1 unspecified atom stereocenters. The van der Waals surface area contributed by atoms with Crippen LogP contribution in [0.1, 0.15) is 84.0 Å². The summed E-state index contributed by atoms with van der Waals surface area (Å²) in [5.41, 5.74) is 1.67. The second kappa shape index (κ2) is 10.7. The fourth-order valence-corrected chi connectivity index (χ4v) is 4.95. The number of hydrogen-bond donors (Lipinski definition) is 1. The zero-order valence-electron chi connectivity index (χ0n) is 18.0. The Labute approximate surface area is 176 Å². The Morgan fingerprint density at radius 1 is 1.21 bits per heavy atom. The van der Waals surface area contributed by atoms with Gasteiger partial charge >= 0.3 is 0 Å². The molecule has 3 rings (SSSR count).